The van der Waals surface area contributed by atoms with Crippen LogP contribution in [-0.2, 0) is 25.0 Å². The summed E-state index contributed by atoms with van der Waals surface area (Å²) >= 11 is 0. The van der Waals surface area contributed by atoms with Gasteiger partial charge in [-0.2, -0.15) is 4.98 Å². The topological polar surface area (TPSA) is 91.1 Å². The van der Waals surface area contributed by atoms with Gasteiger partial charge < -0.3 is 24.0 Å². The lowest BCUT2D eigenvalue weighted by atomic mass is 10.0. The smallest absolute Gasteiger partial charge is 0.409 e. The molecular formula is C38H43N5O5. The summed E-state index contributed by atoms with van der Waals surface area (Å²) in [5.41, 5.74) is 4.89. The molecule has 250 valence electrons. The van der Waals surface area contributed by atoms with Crippen molar-refractivity contribution in [1.82, 2.24) is 19.0 Å². The second kappa shape index (κ2) is 15.1. The van der Waals surface area contributed by atoms with Gasteiger partial charge >= 0.3 is 11.8 Å². The van der Waals surface area contributed by atoms with Gasteiger partial charge in [-0.3, -0.25) is 9.13 Å². The van der Waals surface area contributed by atoms with Crippen LogP contribution in [0.3, 0.4) is 0 Å². The van der Waals surface area contributed by atoms with Gasteiger partial charge in [-0.25, -0.2) is 9.59 Å². The van der Waals surface area contributed by atoms with Crippen molar-refractivity contribution in [3.05, 3.63) is 113 Å². The molecule has 1 aliphatic heterocycles. The van der Waals surface area contributed by atoms with Crippen LogP contribution in [0.2, 0.25) is 0 Å². The minimum Gasteiger partial charge on any atom is -0.473 e. The minimum absolute atomic E-state index is 0.0982. The van der Waals surface area contributed by atoms with E-state index in [4.69, 9.17) is 19.2 Å². The molecule has 3 heterocycles. The van der Waals surface area contributed by atoms with Crippen LogP contribution >= 0.6 is 0 Å². The summed E-state index contributed by atoms with van der Waals surface area (Å²) in [4.78, 5) is 35.3. The number of hydrogen-bond donors (Lipinski definition) is 0. The van der Waals surface area contributed by atoms with E-state index >= 15 is 0 Å². The molecule has 10 nitrogen and oxygen atoms in total. The zero-order valence-corrected chi connectivity index (χ0v) is 27.9. The quantitative estimate of drug-likeness (QED) is 0.139. The molecular weight excluding hydrogens is 606 g/mol. The molecule has 0 N–H and O–H groups in total. The van der Waals surface area contributed by atoms with Gasteiger partial charge in [-0.05, 0) is 48.6 Å². The summed E-state index contributed by atoms with van der Waals surface area (Å²) in [6.07, 6.45) is 3.19. The number of imidazole rings is 1. The highest BCUT2D eigenvalue weighted by Crippen LogP contribution is 2.33. The number of rotatable bonds is 12. The summed E-state index contributed by atoms with van der Waals surface area (Å²) in [5.74, 6) is 0.709. The van der Waals surface area contributed by atoms with Gasteiger partial charge in [0.2, 0.25) is 11.8 Å². The predicted octanol–water partition coefficient (Wildman–Crippen LogP) is 6.72. The van der Waals surface area contributed by atoms with Gasteiger partial charge in [0.1, 0.15) is 18.9 Å². The molecule has 48 heavy (non-hydrogen) atoms. The van der Waals surface area contributed by atoms with Gasteiger partial charge in [-0.1, -0.05) is 80.1 Å². The standard InChI is InChI=1S/C38H43N5O5/c1-4-5-25-46-38(45)40(2)30-21-23-42(24-22-30)31-17-12-18-32-35(31)41(3)37(44)43(32)33-19-20-34(47-26-28-13-8-6-9-14-28)39-36(33)48-27-29-15-10-7-11-16-29/h6-20,30H,4-5,21-27H2,1-3H3. The number of pyridine rings is 1. The summed E-state index contributed by atoms with van der Waals surface area (Å²) in [5, 5.41) is 0. The van der Waals surface area contributed by atoms with Crippen LogP contribution in [0.4, 0.5) is 10.5 Å². The lowest BCUT2D eigenvalue weighted by Crippen LogP contribution is -2.46. The Morgan fingerprint density at radius 1 is 0.854 bits per heavy atom. The number of para-hydroxylation sites is 1. The zero-order chi connectivity index (χ0) is 33.5. The number of amides is 1. The number of aryl methyl sites for hydroxylation is 1. The maximum atomic E-state index is 14.0. The van der Waals surface area contributed by atoms with Gasteiger partial charge in [0.15, 0.2) is 0 Å². The molecule has 0 aliphatic carbocycles. The fourth-order valence-electron chi connectivity index (χ4n) is 6.16. The van der Waals surface area contributed by atoms with E-state index in [1.165, 1.54) is 0 Å². The predicted molar refractivity (Wildman–Crippen MR) is 187 cm³/mol. The van der Waals surface area contributed by atoms with Crippen LogP contribution in [0.1, 0.15) is 43.7 Å². The number of unbranched alkanes of at least 4 members (excludes halogenated alkanes) is 1. The molecule has 0 unspecified atom stereocenters. The van der Waals surface area contributed by atoms with Gasteiger partial charge in [0.05, 0.1) is 23.3 Å². The van der Waals surface area contributed by atoms with Gasteiger partial charge in [0.25, 0.3) is 0 Å². The number of carbonyl (C=O) groups is 1. The van der Waals surface area contributed by atoms with E-state index in [0.717, 1.165) is 66.6 Å². The number of fused-ring (bicyclic) bond motifs is 1. The largest absolute Gasteiger partial charge is 0.473 e. The molecule has 0 saturated carbocycles. The molecule has 0 spiro atoms. The number of carbonyl (C=O) groups excluding carboxylic acids is 1. The molecule has 1 amide bonds. The lowest BCUT2D eigenvalue weighted by molar-refractivity contribution is 0.0908. The third-order valence-corrected chi connectivity index (χ3v) is 8.92. The van der Waals surface area contributed by atoms with Crippen LogP contribution < -0.4 is 20.1 Å². The van der Waals surface area contributed by atoms with Crippen LogP contribution in [0.25, 0.3) is 16.7 Å². The van der Waals surface area contributed by atoms with Crippen LogP contribution in [0, 0.1) is 0 Å². The molecule has 10 heteroatoms. The van der Waals surface area contributed by atoms with E-state index in [1.807, 2.05) is 85.9 Å². The third-order valence-electron chi connectivity index (χ3n) is 8.92. The average molecular weight is 650 g/mol. The number of piperidine rings is 1. The highest BCUT2D eigenvalue weighted by molar-refractivity contribution is 5.91. The Morgan fingerprint density at radius 3 is 2.19 bits per heavy atom. The highest BCUT2D eigenvalue weighted by Gasteiger charge is 2.28. The number of ether oxygens (including phenoxy) is 3. The summed E-state index contributed by atoms with van der Waals surface area (Å²) < 4.78 is 21.1. The van der Waals surface area contributed by atoms with E-state index in [9.17, 15) is 9.59 Å². The van der Waals surface area contributed by atoms with Crippen molar-refractivity contribution in [1.29, 1.82) is 0 Å². The molecule has 0 atom stereocenters. The Kier molecular flexibility index (Phi) is 10.3. The molecule has 3 aromatic carbocycles. The first-order chi connectivity index (χ1) is 23.4. The maximum Gasteiger partial charge on any atom is 0.409 e. The fraction of sp³-hybridized carbons (Fsp3) is 0.342. The van der Waals surface area contributed by atoms with Gasteiger partial charge in [0, 0.05) is 39.3 Å². The first kappa shape index (κ1) is 32.7. The van der Waals surface area contributed by atoms with Crippen molar-refractivity contribution in [2.45, 2.75) is 51.9 Å². The van der Waals surface area contributed by atoms with Crippen LogP contribution in [-0.4, -0.2) is 57.9 Å². The van der Waals surface area contributed by atoms with Crippen molar-refractivity contribution in [3.8, 4) is 17.4 Å². The summed E-state index contributed by atoms with van der Waals surface area (Å²) in [6, 6.07) is 29.5. The number of nitrogens with zero attached hydrogens (tertiary/aromatic N) is 5. The number of anilines is 1. The molecule has 5 aromatic rings. The Bertz CT molecular complexity index is 1880. The summed E-state index contributed by atoms with van der Waals surface area (Å²) in [7, 11) is 3.62. The van der Waals surface area contributed by atoms with Crippen molar-refractivity contribution >= 4 is 22.8 Å². The van der Waals surface area contributed by atoms with E-state index in [1.54, 1.807) is 27.1 Å². The molecule has 0 radical (unpaired) electrons. The number of benzene rings is 3. The molecule has 1 fully saturated rings. The Hall–Kier alpha value is -5.25. The Labute approximate surface area is 281 Å². The second-order valence-corrected chi connectivity index (χ2v) is 12.1. The lowest BCUT2D eigenvalue weighted by Gasteiger charge is -2.37. The normalized spacial score (nSPS) is 13.4. The average Bonchev–Trinajstić information content (AvgIpc) is 3.39. The monoisotopic (exact) mass is 649 g/mol. The van der Waals surface area contributed by atoms with Crippen molar-refractivity contribution in [3.63, 3.8) is 0 Å². The zero-order valence-electron chi connectivity index (χ0n) is 27.9. The summed E-state index contributed by atoms with van der Waals surface area (Å²) in [6.45, 7) is 4.65. The second-order valence-electron chi connectivity index (χ2n) is 12.1. The van der Waals surface area contributed by atoms with Crippen LogP contribution in [0.15, 0.2) is 95.8 Å². The first-order valence-electron chi connectivity index (χ1n) is 16.6. The van der Waals surface area contributed by atoms with E-state index in [2.05, 4.69) is 17.9 Å². The molecule has 0 bridgehead atoms. The minimum atomic E-state index is -0.265. The van der Waals surface area contributed by atoms with Crippen molar-refractivity contribution in [2.24, 2.45) is 7.05 Å². The van der Waals surface area contributed by atoms with E-state index in [-0.39, 0.29) is 24.4 Å². The van der Waals surface area contributed by atoms with E-state index < -0.39 is 0 Å². The number of hydrogen-bond acceptors (Lipinski definition) is 7. The third kappa shape index (κ3) is 7.17. The molecule has 1 aliphatic rings. The first-order valence-corrected chi connectivity index (χ1v) is 16.6. The Balaban J connectivity index is 1.28. The van der Waals surface area contributed by atoms with E-state index in [0.29, 0.717) is 30.7 Å². The molecule has 2 aromatic heterocycles. The number of aromatic nitrogens is 3. The van der Waals surface area contributed by atoms with Crippen molar-refractivity contribution < 1.29 is 19.0 Å². The highest BCUT2D eigenvalue weighted by atomic mass is 16.6. The SMILES string of the molecule is CCCCOC(=O)N(C)C1CCN(c2cccc3c2n(C)c(=O)n3-c2ccc(OCc3ccccc3)nc2OCc2ccccc2)CC1. The maximum absolute atomic E-state index is 14.0. The fourth-order valence-corrected chi connectivity index (χ4v) is 6.16. The van der Waals surface area contributed by atoms with Crippen molar-refractivity contribution in [2.75, 3.05) is 31.6 Å². The van der Waals surface area contributed by atoms with Gasteiger partial charge in [-0.15, -0.1) is 0 Å². The Morgan fingerprint density at radius 2 is 1.52 bits per heavy atom. The molecule has 1 saturated heterocycles. The molecule has 6 rings (SSSR count). The van der Waals surface area contributed by atoms with Crippen LogP contribution in [0.5, 0.6) is 11.8 Å².